The monoisotopic (exact) mass is 397 g/mol. The fraction of sp³-hybridized carbons (Fsp3) is 0.391. The minimum Gasteiger partial charge on any atom is -0.504 e. The second-order valence-corrected chi connectivity index (χ2v) is 8.66. The van der Waals surface area contributed by atoms with Crippen LogP contribution in [0.15, 0.2) is 54.6 Å². The summed E-state index contributed by atoms with van der Waals surface area (Å²) >= 11 is 5.54. The Balaban J connectivity index is 0.000000208. The van der Waals surface area contributed by atoms with Gasteiger partial charge in [-0.05, 0) is 50.2 Å². The summed E-state index contributed by atoms with van der Waals surface area (Å²) in [6.45, 7) is 1.01. The molecule has 2 aliphatic heterocycles. The normalized spacial score (nSPS) is 34.1. The quantitative estimate of drug-likeness (QED) is 0.668. The third-order valence-electron chi connectivity index (χ3n) is 6.88. The number of ether oxygens (including phenoxy) is 1. The van der Waals surface area contributed by atoms with Gasteiger partial charge in [0.15, 0.2) is 11.5 Å². The zero-order valence-electron chi connectivity index (χ0n) is 15.8. The number of nitrogens with zero attached hydrogens (tertiary/aromatic N) is 1. The lowest BCUT2D eigenvalue weighted by molar-refractivity contribution is -0.0453. The third-order valence-corrected chi connectivity index (χ3v) is 7.13. The first-order valence-electron chi connectivity index (χ1n) is 9.81. The van der Waals surface area contributed by atoms with Gasteiger partial charge >= 0.3 is 0 Å². The molecule has 4 aliphatic rings. The van der Waals surface area contributed by atoms with Gasteiger partial charge in [-0.25, -0.2) is 0 Å². The first-order chi connectivity index (χ1) is 13.5. The molecule has 28 heavy (non-hydrogen) atoms. The van der Waals surface area contributed by atoms with Crippen molar-refractivity contribution in [2.75, 3.05) is 13.6 Å². The average molecular weight is 398 g/mol. The Labute approximate surface area is 170 Å². The maximum atomic E-state index is 10.4. The number of hydrogen-bond donors (Lipinski definition) is 2. The van der Waals surface area contributed by atoms with Crippen LogP contribution < -0.4 is 4.74 Å². The van der Waals surface area contributed by atoms with Crippen LogP contribution in [0.25, 0.3) is 0 Å². The Kier molecular flexibility index (Phi) is 4.20. The Morgan fingerprint density at radius 2 is 1.93 bits per heavy atom. The van der Waals surface area contributed by atoms with E-state index < -0.39 is 6.10 Å². The number of benzene rings is 2. The Bertz CT molecular complexity index is 931. The molecule has 2 aromatic rings. The molecule has 146 valence electrons. The fourth-order valence-electron chi connectivity index (χ4n) is 5.65. The third kappa shape index (κ3) is 2.45. The van der Waals surface area contributed by atoms with E-state index in [2.05, 4.69) is 18.0 Å². The minimum absolute atomic E-state index is 0.160. The van der Waals surface area contributed by atoms with Gasteiger partial charge in [0.1, 0.15) is 12.2 Å². The lowest BCUT2D eigenvalue weighted by Crippen LogP contribution is -2.64. The van der Waals surface area contributed by atoms with E-state index in [1.54, 1.807) is 6.07 Å². The molecule has 4 nitrogen and oxygen atoms in total. The van der Waals surface area contributed by atoms with Crippen molar-refractivity contribution in [3.05, 3.63) is 70.8 Å². The smallest absolute Gasteiger partial charge is 0.165 e. The van der Waals surface area contributed by atoms with Crippen molar-refractivity contribution in [1.29, 1.82) is 0 Å². The van der Waals surface area contributed by atoms with Crippen molar-refractivity contribution < 1.29 is 14.9 Å². The number of likely N-dealkylation sites (N-methyl/N-ethyl adjacent to an activating group) is 1. The summed E-state index contributed by atoms with van der Waals surface area (Å²) in [4.78, 5) is 2.43. The van der Waals surface area contributed by atoms with Crippen molar-refractivity contribution in [3.63, 3.8) is 0 Å². The lowest BCUT2D eigenvalue weighted by Gasteiger charge is -2.56. The summed E-state index contributed by atoms with van der Waals surface area (Å²) in [6.07, 6.45) is 5.18. The van der Waals surface area contributed by atoms with Gasteiger partial charge < -0.3 is 19.8 Å². The van der Waals surface area contributed by atoms with Crippen LogP contribution in [0.3, 0.4) is 0 Å². The number of halogens is 1. The highest BCUT2D eigenvalue weighted by Gasteiger charge is 2.64. The lowest BCUT2D eigenvalue weighted by atomic mass is 9.53. The molecule has 1 spiro atoms. The van der Waals surface area contributed by atoms with Crippen LogP contribution in [-0.4, -0.2) is 47.0 Å². The van der Waals surface area contributed by atoms with E-state index in [1.165, 1.54) is 11.1 Å². The summed E-state index contributed by atoms with van der Waals surface area (Å²) in [6, 6.07) is 13.7. The molecule has 1 fully saturated rings. The van der Waals surface area contributed by atoms with E-state index in [0.717, 1.165) is 24.4 Å². The topological polar surface area (TPSA) is 52.9 Å². The predicted octanol–water partition coefficient (Wildman–Crippen LogP) is 3.54. The van der Waals surface area contributed by atoms with Crippen LogP contribution in [0.2, 0.25) is 5.02 Å². The molecule has 5 heteroatoms. The molecule has 1 saturated heterocycles. The highest BCUT2D eigenvalue weighted by molar-refractivity contribution is 6.30. The molecule has 2 bridgehead atoms. The van der Waals surface area contributed by atoms with Crippen molar-refractivity contribution >= 4 is 11.6 Å². The first kappa shape index (κ1) is 18.0. The van der Waals surface area contributed by atoms with Gasteiger partial charge in [0.05, 0.1) is 0 Å². The summed E-state index contributed by atoms with van der Waals surface area (Å²) in [5.41, 5.74) is 2.29. The van der Waals surface area contributed by atoms with Crippen molar-refractivity contribution in [1.82, 2.24) is 4.90 Å². The van der Waals surface area contributed by atoms with E-state index in [9.17, 15) is 10.2 Å². The molecule has 2 aliphatic carbocycles. The zero-order chi connectivity index (χ0) is 19.5. The molecule has 6 rings (SSSR count). The summed E-state index contributed by atoms with van der Waals surface area (Å²) in [5, 5.41) is 21.4. The van der Waals surface area contributed by atoms with Crippen molar-refractivity contribution in [3.8, 4) is 11.5 Å². The van der Waals surface area contributed by atoms with E-state index in [1.807, 2.05) is 42.5 Å². The van der Waals surface area contributed by atoms with Gasteiger partial charge in [0.25, 0.3) is 0 Å². The van der Waals surface area contributed by atoms with Crippen LogP contribution >= 0.6 is 11.6 Å². The van der Waals surface area contributed by atoms with Gasteiger partial charge in [-0.15, -0.1) is 0 Å². The molecule has 2 N–H and O–H groups in total. The van der Waals surface area contributed by atoms with Gasteiger partial charge in [-0.2, -0.15) is 0 Å². The minimum atomic E-state index is -0.594. The van der Waals surface area contributed by atoms with Crippen LogP contribution in [0, 0.1) is 5.92 Å². The molecular weight excluding hydrogens is 374 g/mol. The number of phenolic OH excluding ortho intramolecular Hbond substituents is 1. The van der Waals surface area contributed by atoms with Crippen molar-refractivity contribution in [2.24, 2.45) is 5.92 Å². The number of aliphatic hydroxyl groups is 1. The molecule has 5 atom stereocenters. The highest BCUT2D eigenvalue weighted by Crippen LogP contribution is 2.62. The number of aromatic hydroxyl groups is 1. The van der Waals surface area contributed by atoms with Gasteiger partial charge in [0.2, 0.25) is 0 Å². The Hall–Kier alpha value is -2.01. The zero-order valence-corrected chi connectivity index (χ0v) is 16.5. The second kappa shape index (κ2) is 6.51. The Morgan fingerprint density at radius 3 is 2.64 bits per heavy atom. The van der Waals surface area contributed by atoms with E-state index >= 15 is 0 Å². The maximum Gasteiger partial charge on any atom is 0.165 e. The predicted molar refractivity (Wildman–Crippen MR) is 109 cm³/mol. The van der Waals surface area contributed by atoms with Crippen molar-refractivity contribution in [2.45, 2.75) is 36.5 Å². The number of hydrogen-bond acceptors (Lipinski definition) is 4. The van der Waals surface area contributed by atoms with E-state index in [0.29, 0.717) is 17.7 Å². The molecule has 0 saturated carbocycles. The summed E-state index contributed by atoms with van der Waals surface area (Å²) in [7, 11) is 2.19. The number of piperidine rings is 1. The van der Waals surface area contributed by atoms with Crippen LogP contribution in [0.1, 0.15) is 17.5 Å². The Morgan fingerprint density at radius 1 is 1.14 bits per heavy atom. The van der Waals surface area contributed by atoms with Crippen LogP contribution in [0.5, 0.6) is 11.5 Å². The number of phenols is 1. The SMILES string of the molecule is CN1CC[C@]23c4c5ccc(O)c4O[C@H]2[C@@H](O)C=C[C@H]3[C@H]1C5.Clc1ccccc1. The number of likely N-dealkylation sites (tertiary alicyclic amines) is 1. The molecule has 0 unspecified atom stereocenters. The van der Waals surface area contributed by atoms with Gasteiger partial charge in [-0.1, -0.05) is 48.0 Å². The number of aliphatic hydroxyl groups excluding tert-OH is 1. The molecule has 0 amide bonds. The maximum absolute atomic E-state index is 10.4. The fourth-order valence-corrected chi connectivity index (χ4v) is 5.80. The molecular formula is C23H24ClNO3. The molecule has 0 radical (unpaired) electrons. The molecule has 0 aromatic heterocycles. The van der Waals surface area contributed by atoms with Gasteiger partial charge in [0, 0.05) is 28.0 Å². The van der Waals surface area contributed by atoms with E-state index in [4.69, 9.17) is 16.3 Å². The highest BCUT2D eigenvalue weighted by atomic mass is 35.5. The average Bonchev–Trinajstić information content (AvgIpc) is 3.05. The molecule has 2 heterocycles. The second-order valence-electron chi connectivity index (χ2n) is 8.23. The first-order valence-corrected chi connectivity index (χ1v) is 10.2. The van der Waals surface area contributed by atoms with Crippen LogP contribution in [0.4, 0.5) is 0 Å². The largest absolute Gasteiger partial charge is 0.504 e. The number of rotatable bonds is 0. The van der Waals surface area contributed by atoms with Gasteiger partial charge in [-0.3, -0.25) is 0 Å². The van der Waals surface area contributed by atoms with E-state index in [-0.39, 0.29) is 17.3 Å². The standard InChI is InChI=1S/C17H19NO3.C6H5Cl/c1-18-7-6-17-10-3-5-13(20)16(17)21-15-12(19)4-2-9(14(15)17)8-11(10)18;7-6-4-2-1-3-5-6/h2-5,10-11,13,16,19-20H,6-8H2,1H3;1-5H/t10-,11+,13-,16-,17-;/m0./s1. The summed E-state index contributed by atoms with van der Waals surface area (Å²) < 4.78 is 6.09. The van der Waals surface area contributed by atoms with Crippen LogP contribution in [-0.2, 0) is 11.8 Å². The molecule has 2 aromatic carbocycles. The summed E-state index contributed by atoms with van der Waals surface area (Å²) in [5.74, 6) is 1.19.